The smallest absolute Gasteiger partial charge is 0.251 e. The van der Waals surface area contributed by atoms with Crippen LogP contribution in [0.4, 0.5) is 8.78 Å². The van der Waals surface area contributed by atoms with E-state index in [-0.39, 0.29) is 12.6 Å². The van der Waals surface area contributed by atoms with Crippen molar-refractivity contribution in [2.45, 2.75) is 39.3 Å². The molecule has 0 bridgehead atoms. The van der Waals surface area contributed by atoms with Crippen molar-refractivity contribution in [3.05, 3.63) is 34.5 Å². The van der Waals surface area contributed by atoms with Crippen LogP contribution in [0.15, 0.2) is 12.7 Å². The van der Waals surface area contributed by atoms with E-state index in [2.05, 4.69) is 17.6 Å². The molecule has 2 rings (SSSR count). The van der Waals surface area contributed by atoms with Crippen molar-refractivity contribution in [2.75, 3.05) is 6.54 Å². The fraction of sp³-hybridized carbons (Fsp3) is 0.467. The van der Waals surface area contributed by atoms with Gasteiger partial charge in [-0.05, 0) is 37.1 Å². The van der Waals surface area contributed by atoms with Gasteiger partial charge in [0.25, 0.3) is 6.43 Å². The molecule has 1 unspecified atom stereocenters. The van der Waals surface area contributed by atoms with E-state index in [0.717, 1.165) is 17.5 Å². The normalized spacial score (nSPS) is 22.1. The second-order valence-electron chi connectivity index (χ2n) is 4.97. The molecule has 2 heterocycles. The van der Waals surface area contributed by atoms with Gasteiger partial charge in [-0.15, -0.1) is 0 Å². The van der Waals surface area contributed by atoms with Crippen LogP contribution >= 0.6 is 0 Å². The van der Waals surface area contributed by atoms with Gasteiger partial charge in [0.15, 0.2) is 0 Å². The van der Waals surface area contributed by atoms with Crippen LogP contribution in [0.25, 0.3) is 12.2 Å². The number of H-pyrrole nitrogens is 1. The molecule has 0 amide bonds. The number of aromatic amines is 1. The molecule has 1 aromatic heterocycles. The summed E-state index contributed by atoms with van der Waals surface area (Å²) in [6.07, 6.45) is 4.26. The van der Waals surface area contributed by atoms with Gasteiger partial charge in [-0.3, -0.25) is 4.90 Å². The fourth-order valence-corrected chi connectivity index (χ4v) is 2.78. The topological polar surface area (TPSA) is 19.0 Å². The molecule has 1 atom stereocenters. The molecule has 104 valence electrons. The van der Waals surface area contributed by atoms with Crippen LogP contribution in [0.5, 0.6) is 0 Å². The number of nitrogens with zero attached hydrogens (tertiary/aromatic N) is 1. The van der Waals surface area contributed by atoms with Crippen LogP contribution in [-0.2, 0) is 13.0 Å². The number of allylic oxidation sites excluding steroid dienone is 1. The Morgan fingerprint density at radius 3 is 2.84 bits per heavy atom. The first-order valence-corrected chi connectivity index (χ1v) is 6.57. The number of aromatic nitrogens is 1. The van der Waals surface area contributed by atoms with Crippen LogP contribution in [0, 0.1) is 0 Å². The molecule has 0 spiro atoms. The van der Waals surface area contributed by atoms with E-state index in [1.165, 1.54) is 10.8 Å². The Labute approximate surface area is 112 Å². The van der Waals surface area contributed by atoms with E-state index in [1.807, 2.05) is 24.8 Å². The Balaban J connectivity index is 2.42. The maximum atomic E-state index is 12.6. The molecule has 0 aromatic carbocycles. The molecule has 1 aliphatic heterocycles. The fourth-order valence-electron chi connectivity index (χ4n) is 2.78. The SMILES string of the molecule is C=C/C=c1/[nH]c2c(/c1=C/C)CC(C)N(CC(F)F)C2. The number of alkyl halides is 2. The first-order valence-electron chi connectivity index (χ1n) is 6.57. The summed E-state index contributed by atoms with van der Waals surface area (Å²) >= 11 is 0. The summed E-state index contributed by atoms with van der Waals surface area (Å²) in [6, 6.07) is 0.146. The van der Waals surface area contributed by atoms with Crippen molar-refractivity contribution in [2.24, 2.45) is 0 Å². The molecule has 0 radical (unpaired) electrons. The maximum absolute atomic E-state index is 12.6. The molecule has 2 nitrogen and oxygen atoms in total. The molecule has 1 aromatic rings. The Kier molecular flexibility index (Phi) is 4.20. The van der Waals surface area contributed by atoms with E-state index < -0.39 is 6.43 Å². The predicted molar refractivity (Wildman–Crippen MR) is 74.4 cm³/mol. The first-order chi connectivity index (χ1) is 9.06. The number of rotatable bonds is 3. The first kappa shape index (κ1) is 14.0. The molecule has 4 heteroatoms. The van der Waals surface area contributed by atoms with Crippen LogP contribution in [0.3, 0.4) is 0 Å². The zero-order chi connectivity index (χ0) is 14.0. The summed E-state index contributed by atoms with van der Waals surface area (Å²) in [7, 11) is 0. The quantitative estimate of drug-likeness (QED) is 0.884. The number of fused-ring (bicyclic) bond motifs is 1. The summed E-state index contributed by atoms with van der Waals surface area (Å²) < 4.78 is 25.1. The van der Waals surface area contributed by atoms with Crippen LogP contribution in [-0.4, -0.2) is 28.9 Å². The number of nitrogens with one attached hydrogen (secondary N) is 1. The summed E-state index contributed by atoms with van der Waals surface area (Å²) in [6.45, 7) is 8.12. The summed E-state index contributed by atoms with van der Waals surface area (Å²) in [5.74, 6) is 0. The Bertz CT molecular complexity index is 572. The zero-order valence-corrected chi connectivity index (χ0v) is 11.4. The highest BCUT2D eigenvalue weighted by molar-refractivity contribution is 5.41. The highest BCUT2D eigenvalue weighted by atomic mass is 19.3. The zero-order valence-electron chi connectivity index (χ0n) is 11.4. The van der Waals surface area contributed by atoms with E-state index in [9.17, 15) is 8.78 Å². The Morgan fingerprint density at radius 2 is 2.26 bits per heavy atom. The minimum atomic E-state index is -2.28. The van der Waals surface area contributed by atoms with Gasteiger partial charge in [-0.25, -0.2) is 8.78 Å². The minimum Gasteiger partial charge on any atom is -0.357 e. The third-order valence-corrected chi connectivity index (χ3v) is 3.69. The molecular formula is C15H20F2N2. The lowest BCUT2D eigenvalue weighted by Gasteiger charge is -2.33. The molecule has 1 N–H and O–H groups in total. The highest BCUT2D eigenvalue weighted by Crippen LogP contribution is 2.19. The van der Waals surface area contributed by atoms with Gasteiger partial charge in [0, 0.05) is 23.6 Å². The molecule has 1 aliphatic rings. The lowest BCUT2D eigenvalue weighted by molar-refractivity contribution is 0.0595. The van der Waals surface area contributed by atoms with Gasteiger partial charge in [-0.2, -0.15) is 0 Å². The molecule has 19 heavy (non-hydrogen) atoms. The lowest BCUT2D eigenvalue weighted by Crippen LogP contribution is -2.42. The summed E-state index contributed by atoms with van der Waals surface area (Å²) in [5.41, 5.74) is 2.31. The number of hydrogen-bond donors (Lipinski definition) is 1. The van der Waals surface area contributed by atoms with E-state index in [4.69, 9.17) is 0 Å². The Morgan fingerprint density at radius 1 is 1.53 bits per heavy atom. The van der Waals surface area contributed by atoms with Crippen LogP contribution < -0.4 is 10.6 Å². The van der Waals surface area contributed by atoms with Crippen molar-refractivity contribution in [1.29, 1.82) is 0 Å². The lowest BCUT2D eigenvalue weighted by atomic mass is 9.99. The minimum absolute atomic E-state index is 0.146. The number of hydrogen-bond acceptors (Lipinski definition) is 1. The van der Waals surface area contributed by atoms with Crippen LogP contribution in [0.2, 0.25) is 0 Å². The highest BCUT2D eigenvalue weighted by Gasteiger charge is 2.26. The van der Waals surface area contributed by atoms with Gasteiger partial charge in [0.1, 0.15) is 0 Å². The summed E-state index contributed by atoms with van der Waals surface area (Å²) in [5, 5.41) is 2.20. The molecular weight excluding hydrogens is 246 g/mol. The molecule has 0 saturated carbocycles. The largest absolute Gasteiger partial charge is 0.357 e. The average molecular weight is 266 g/mol. The van der Waals surface area contributed by atoms with Crippen molar-refractivity contribution >= 4 is 12.2 Å². The van der Waals surface area contributed by atoms with E-state index in [1.54, 1.807) is 6.08 Å². The summed E-state index contributed by atoms with van der Waals surface area (Å²) in [4.78, 5) is 5.17. The van der Waals surface area contributed by atoms with Gasteiger partial charge in [-0.1, -0.05) is 18.7 Å². The monoisotopic (exact) mass is 266 g/mol. The Hall–Kier alpha value is -1.42. The van der Waals surface area contributed by atoms with Crippen molar-refractivity contribution in [3.8, 4) is 0 Å². The van der Waals surface area contributed by atoms with Crippen LogP contribution in [0.1, 0.15) is 25.1 Å². The third-order valence-electron chi connectivity index (χ3n) is 3.69. The second kappa shape index (κ2) is 5.70. The molecule has 0 fully saturated rings. The standard InChI is InChI=1S/C15H20F2N2/c1-4-6-13-11(5-2)12-7-10(3)19(9-15(16)17)8-14(12)18-13/h4-6,10,15,18H,1,7-9H2,2-3H3/b11-5-,13-6+. The van der Waals surface area contributed by atoms with Crippen molar-refractivity contribution in [3.63, 3.8) is 0 Å². The maximum Gasteiger partial charge on any atom is 0.251 e. The predicted octanol–water partition coefficient (Wildman–Crippen LogP) is 1.79. The number of halogens is 2. The van der Waals surface area contributed by atoms with E-state index >= 15 is 0 Å². The van der Waals surface area contributed by atoms with Crippen molar-refractivity contribution in [1.82, 2.24) is 9.88 Å². The van der Waals surface area contributed by atoms with Gasteiger partial charge in [0.2, 0.25) is 0 Å². The third kappa shape index (κ3) is 2.78. The van der Waals surface area contributed by atoms with E-state index in [0.29, 0.717) is 6.54 Å². The molecule has 0 aliphatic carbocycles. The molecule has 0 saturated heterocycles. The average Bonchev–Trinajstić information content (AvgIpc) is 2.66. The van der Waals surface area contributed by atoms with Gasteiger partial charge in [0.05, 0.1) is 6.54 Å². The van der Waals surface area contributed by atoms with Crippen molar-refractivity contribution < 1.29 is 8.78 Å². The van der Waals surface area contributed by atoms with Gasteiger partial charge >= 0.3 is 0 Å². The second-order valence-corrected chi connectivity index (χ2v) is 4.97. The van der Waals surface area contributed by atoms with Gasteiger partial charge < -0.3 is 4.98 Å².